The smallest absolute Gasteiger partial charge is 0.272 e. The van der Waals surface area contributed by atoms with E-state index in [4.69, 9.17) is 4.74 Å². The van der Waals surface area contributed by atoms with Crippen molar-refractivity contribution >= 4 is 18.3 Å². The lowest BCUT2D eigenvalue weighted by Gasteiger charge is -2.32. The molecular formula is C13H18ClF2N3O2. The molecule has 1 N–H and O–H groups in total. The zero-order valence-corrected chi connectivity index (χ0v) is 12.4. The molecule has 0 saturated carbocycles. The zero-order valence-electron chi connectivity index (χ0n) is 11.6. The fourth-order valence-corrected chi connectivity index (χ4v) is 2.10. The molecule has 0 radical (unpaired) electrons. The number of rotatable bonds is 4. The van der Waals surface area contributed by atoms with Crippen molar-refractivity contribution in [3.63, 3.8) is 0 Å². The van der Waals surface area contributed by atoms with Crippen LogP contribution in [0.15, 0.2) is 18.3 Å². The first kappa shape index (κ1) is 17.6. The van der Waals surface area contributed by atoms with Crippen LogP contribution in [0.5, 0.6) is 5.88 Å². The summed E-state index contributed by atoms with van der Waals surface area (Å²) in [6.07, 6.45) is -1.18. The third kappa shape index (κ3) is 4.78. The minimum absolute atomic E-state index is 0. The fraction of sp³-hybridized carbons (Fsp3) is 0.538. The van der Waals surface area contributed by atoms with Crippen molar-refractivity contribution in [2.45, 2.75) is 19.4 Å². The van der Waals surface area contributed by atoms with Crippen molar-refractivity contribution < 1.29 is 18.3 Å². The lowest BCUT2D eigenvalue weighted by atomic mass is 10.2. The molecule has 0 unspecified atom stereocenters. The Morgan fingerprint density at radius 1 is 1.62 bits per heavy atom. The number of aromatic nitrogens is 1. The van der Waals surface area contributed by atoms with Gasteiger partial charge in [0, 0.05) is 31.9 Å². The molecule has 2 heterocycles. The highest BCUT2D eigenvalue weighted by Gasteiger charge is 2.24. The van der Waals surface area contributed by atoms with Crippen molar-refractivity contribution in [2.24, 2.45) is 0 Å². The van der Waals surface area contributed by atoms with Crippen molar-refractivity contribution in [1.29, 1.82) is 0 Å². The Labute approximate surface area is 128 Å². The predicted molar refractivity (Wildman–Crippen MR) is 76.4 cm³/mol. The number of carbonyl (C=O) groups is 1. The van der Waals surface area contributed by atoms with Crippen LogP contribution in [0.4, 0.5) is 8.78 Å². The quantitative estimate of drug-likeness (QED) is 0.915. The van der Waals surface area contributed by atoms with Crippen LogP contribution in [-0.4, -0.2) is 54.5 Å². The maximum absolute atomic E-state index is 12.4. The topological polar surface area (TPSA) is 54.5 Å². The molecule has 1 amide bonds. The summed E-state index contributed by atoms with van der Waals surface area (Å²) in [7, 11) is 0. The summed E-state index contributed by atoms with van der Waals surface area (Å²) >= 11 is 0. The van der Waals surface area contributed by atoms with Crippen LogP contribution in [0.2, 0.25) is 0 Å². The first-order valence-corrected chi connectivity index (χ1v) is 6.46. The molecule has 8 heteroatoms. The van der Waals surface area contributed by atoms with E-state index >= 15 is 0 Å². The lowest BCUT2D eigenvalue weighted by molar-refractivity contribution is 0.0668. The fourth-order valence-electron chi connectivity index (χ4n) is 2.10. The summed E-state index contributed by atoms with van der Waals surface area (Å²) in [6.45, 7) is 3.07. The number of alkyl halides is 2. The van der Waals surface area contributed by atoms with Gasteiger partial charge in [0.05, 0.1) is 0 Å². The van der Waals surface area contributed by atoms with E-state index in [0.717, 1.165) is 0 Å². The van der Waals surface area contributed by atoms with Gasteiger partial charge in [-0.15, -0.1) is 12.4 Å². The Balaban J connectivity index is 0.00000220. The summed E-state index contributed by atoms with van der Waals surface area (Å²) < 4.78 is 29.3. The van der Waals surface area contributed by atoms with Crippen LogP contribution >= 0.6 is 12.4 Å². The van der Waals surface area contributed by atoms with E-state index in [1.54, 1.807) is 17.0 Å². The monoisotopic (exact) mass is 321 g/mol. The number of pyridine rings is 1. The number of nitrogens with zero attached hydrogens (tertiary/aromatic N) is 2. The molecule has 1 aliphatic rings. The summed E-state index contributed by atoms with van der Waals surface area (Å²) in [5.74, 6) is -0.278. The maximum atomic E-state index is 12.4. The lowest BCUT2D eigenvalue weighted by Crippen LogP contribution is -2.51. The summed E-state index contributed by atoms with van der Waals surface area (Å²) in [5, 5.41) is 3.23. The molecule has 1 aliphatic heterocycles. The van der Waals surface area contributed by atoms with E-state index in [-0.39, 0.29) is 35.8 Å². The highest BCUT2D eigenvalue weighted by molar-refractivity contribution is 5.96. The van der Waals surface area contributed by atoms with Crippen molar-refractivity contribution in [3.05, 3.63) is 23.9 Å². The van der Waals surface area contributed by atoms with Crippen LogP contribution in [0.1, 0.15) is 17.3 Å². The van der Waals surface area contributed by atoms with Gasteiger partial charge in [-0.25, -0.2) is 13.8 Å². The molecule has 118 valence electrons. The third-order valence-corrected chi connectivity index (χ3v) is 3.00. The molecule has 5 nitrogen and oxygen atoms in total. The molecular weight excluding hydrogens is 304 g/mol. The molecule has 1 aromatic rings. The van der Waals surface area contributed by atoms with E-state index < -0.39 is 13.0 Å². The van der Waals surface area contributed by atoms with Crippen molar-refractivity contribution in [3.8, 4) is 5.88 Å². The molecule has 2 rings (SSSR count). The van der Waals surface area contributed by atoms with Gasteiger partial charge < -0.3 is 15.0 Å². The molecule has 0 spiro atoms. The first-order chi connectivity index (χ1) is 9.58. The van der Waals surface area contributed by atoms with Crippen molar-refractivity contribution in [2.75, 3.05) is 26.2 Å². The van der Waals surface area contributed by atoms with Gasteiger partial charge in [0.2, 0.25) is 5.88 Å². The van der Waals surface area contributed by atoms with Crippen LogP contribution in [0, 0.1) is 0 Å². The van der Waals surface area contributed by atoms with Gasteiger partial charge in [-0.1, -0.05) is 0 Å². The van der Waals surface area contributed by atoms with Gasteiger partial charge in [-0.2, -0.15) is 0 Å². The molecule has 1 atom stereocenters. The number of piperazine rings is 1. The second kappa shape index (κ2) is 8.09. The molecule has 0 bridgehead atoms. The highest BCUT2D eigenvalue weighted by atomic mass is 35.5. The second-order valence-electron chi connectivity index (χ2n) is 4.66. The summed E-state index contributed by atoms with van der Waals surface area (Å²) in [4.78, 5) is 17.9. The van der Waals surface area contributed by atoms with Crippen LogP contribution in [0.25, 0.3) is 0 Å². The standard InChI is InChI=1S/C13H17F2N3O2.ClH/c1-9-7-18(6-5-16-9)13(19)10-3-2-4-17-12(10)20-8-11(14)15;/h2-4,9,11,16H,5-8H2,1H3;1H/t9-;/m1./s1. The number of amides is 1. The Hall–Kier alpha value is -1.47. The maximum Gasteiger partial charge on any atom is 0.272 e. The largest absolute Gasteiger partial charge is 0.471 e. The van der Waals surface area contributed by atoms with Gasteiger partial charge in [-0.05, 0) is 19.1 Å². The number of hydrogen-bond acceptors (Lipinski definition) is 4. The molecule has 1 aromatic heterocycles. The zero-order chi connectivity index (χ0) is 14.5. The second-order valence-corrected chi connectivity index (χ2v) is 4.66. The molecule has 0 aliphatic carbocycles. The first-order valence-electron chi connectivity index (χ1n) is 6.46. The molecule has 0 aromatic carbocycles. The SMILES string of the molecule is C[C@@H]1CN(C(=O)c2cccnc2OCC(F)F)CCN1.Cl. The highest BCUT2D eigenvalue weighted by Crippen LogP contribution is 2.18. The van der Waals surface area contributed by atoms with Gasteiger partial charge in [0.15, 0.2) is 6.61 Å². The number of nitrogens with one attached hydrogen (secondary N) is 1. The van der Waals surface area contributed by atoms with Crippen LogP contribution in [-0.2, 0) is 0 Å². The van der Waals surface area contributed by atoms with E-state index in [9.17, 15) is 13.6 Å². The van der Waals surface area contributed by atoms with E-state index in [1.165, 1.54) is 6.20 Å². The summed E-state index contributed by atoms with van der Waals surface area (Å²) in [5.41, 5.74) is 0.224. The van der Waals surface area contributed by atoms with Crippen LogP contribution in [0.3, 0.4) is 0 Å². The minimum Gasteiger partial charge on any atom is -0.471 e. The Morgan fingerprint density at radius 2 is 2.38 bits per heavy atom. The van der Waals surface area contributed by atoms with Gasteiger partial charge in [-0.3, -0.25) is 4.79 Å². The Kier molecular flexibility index (Phi) is 6.77. The van der Waals surface area contributed by atoms with Crippen LogP contribution < -0.4 is 10.1 Å². The average molecular weight is 322 g/mol. The predicted octanol–water partition coefficient (Wildman–Crippen LogP) is 1.58. The molecule has 21 heavy (non-hydrogen) atoms. The third-order valence-electron chi connectivity index (χ3n) is 3.00. The number of ether oxygens (including phenoxy) is 1. The van der Waals surface area contributed by atoms with E-state index in [0.29, 0.717) is 19.6 Å². The number of hydrogen-bond donors (Lipinski definition) is 1. The Bertz CT molecular complexity index is 476. The normalized spacial score (nSPS) is 18.3. The molecule has 1 saturated heterocycles. The van der Waals surface area contributed by atoms with Gasteiger partial charge in [0.25, 0.3) is 12.3 Å². The number of carbonyl (C=O) groups excluding carboxylic acids is 1. The van der Waals surface area contributed by atoms with Gasteiger partial charge in [0.1, 0.15) is 5.56 Å². The van der Waals surface area contributed by atoms with Crippen molar-refractivity contribution in [1.82, 2.24) is 15.2 Å². The van der Waals surface area contributed by atoms with E-state index in [1.807, 2.05) is 6.92 Å². The Morgan fingerprint density at radius 3 is 3.05 bits per heavy atom. The summed E-state index contributed by atoms with van der Waals surface area (Å²) in [6, 6.07) is 3.34. The average Bonchev–Trinajstić information content (AvgIpc) is 2.44. The van der Waals surface area contributed by atoms with Gasteiger partial charge >= 0.3 is 0 Å². The number of halogens is 3. The molecule has 1 fully saturated rings. The van der Waals surface area contributed by atoms with E-state index in [2.05, 4.69) is 10.3 Å². The minimum atomic E-state index is -2.60.